The van der Waals surface area contributed by atoms with Crippen LogP contribution < -0.4 is 0 Å². The molecule has 0 saturated carbocycles. The summed E-state index contributed by atoms with van der Waals surface area (Å²) in [5.41, 5.74) is 0. The molecule has 1 heterocycles. The van der Waals surface area contributed by atoms with Gasteiger partial charge in [0.25, 0.3) is 0 Å². The van der Waals surface area contributed by atoms with Crippen LogP contribution >= 0.6 is 0 Å². The summed E-state index contributed by atoms with van der Waals surface area (Å²) in [7, 11) is 0. The molecule has 1 saturated heterocycles. The van der Waals surface area contributed by atoms with E-state index < -0.39 is 24.2 Å². The van der Waals surface area contributed by atoms with E-state index in [2.05, 4.69) is 0 Å². The molecule has 6 heteroatoms. The minimum absolute atomic E-state index is 0.216. The fourth-order valence-corrected chi connectivity index (χ4v) is 1.60. The Balaban J connectivity index is 2.65. The molecule has 1 aliphatic heterocycles. The van der Waals surface area contributed by atoms with Gasteiger partial charge in [0.15, 0.2) is 6.04 Å². The number of carbonyl (C=O) groups excluding carboxylic acids is 1. The molecule has 1 fully saturated rings. The third-order valence-electron chi connectivity index (χ3n) is 2.73. The van der Waals surface area contributed by atoms with Crippen LogP contribution in [0.5, 0.6) is 0 Å². The minimum Gasteiger partial charge on any atom is -0.480 e. The zero-order chi connectivity index (χ0) is 12.3. The van der Waals surface area contributed by atoms with Gasteiger partial charge in [-0.3, -0.25) is 4.90 Å². The van der Waals surface area contributed by atoms with Crippen LogP contribution in [-0.4, -0.2) is 52.0 Å². The number of aliphatic hydroxyl groups excluding tert-OH is 1. The summed E-state index contributed by atoms with van der Waals surface area (Å²) in [6.45, 7) is 3.82. The molecule has 0 spiro atoms. The van der Waals surface area contributed by atoms with Gasteiger partial charge in [-0.05, 0) is 19.8 Å². The lowest BCUT2D eigenvalue weighted by Gasteiger charge is -2.23. The number of amides is 1. The maximum atomic E-state index is 11.6. The smallest absolute Gasteiger partial charge is 0.410 e. The first kappa shape index (κ1) is 12.8. The molecule has 0 aliphatic carbocycles. The molecule has 92 valence electrons. The number of carboxylic acid groups (broad SMARTS) is 1. The van der Waals surface area contributed by atoms with Crippen LogP contribution in [0.15, 0.2) is 0 Å². The monoisotopic (exact) mass is 231 g/mol. The zero-order valence-corrected chi connectivity index (χ0v) is 9.42. The topological polar surface area (TPSA) is 87.1 Å². The largest absolute Gasteiger partial charge is 0.480 e. The maximum Gasteiger partial charge on any atom is 0.410 e. The lowest BCUT2D eigenvalue weighted by molar-refractivity contribution is -0.144. The highest BCUT2D eigenvalue weighted by Crippen LogP contribution is 2.19. The molecule has 1 rings (SSSR count). The molecular weight excluding hydrogens is 214 g/mol. The molecule has 0 bridgehead atoms. The van der Waals surface area contributed by atoms with E-state index in [9.17, 15) is 14.7 Å². The zero-order valence-electron chi connectivity index (χ0n) is 9.42. The molecule has 6 nitrogen and oxygen atoms in total. The van der Waals surface area contributed by atoms with Crippen molar-refractivity contribution in [2.75, 3.05) is 6.54 Å². The number of carboxylic acids is 1. The summed E-state index contributed by atoms with van der Waals surface area (Å²) in [4.78, 5) is 23.5. The van der Waals surface area contributed by atoms with Crippen molar-refractivity contribution in [1.29, 1.82) is 0 Å². The Kier molecular flexibility index (Phi) is 4.12. The van der Waals surface area contributed by atoms with E-state index >= 15 is 0 Å². The molecule has 1 amide bonds. The normalized spacial score (nSPS) is 26.6. The van der Waals surface area contributed by atoms with Gasteiger partial charge >= 0.3 is 12.1 Å². The Hall–Kier alpha value is -1.30. The number of carbonyl (C=O) groups is 2. The highest BCUT2D eigenvalue weighted by atomic mass is 16.6. The first-order valence-corrected chi connectivity index (χ1v) is 5.35. The number of ether oxygens (including phenoxy) is 1. The van der Waals surface area contributed by atoms with E-state index in [1.807, 2.05) is 6.92 Å². The maximum absolute atomic E-state index is 11.6. The van der Waals surface area contributed by atoms with Crippen LogP contribution in [-0.2, 0) is 9.53 Å². The third-order valence-corrected chi connectivity index (χ3v) is 2.73. The average molecular weight is 231 g/mol. The molecule has 0 radical (unpaired) electrons. The minimum atomic E-state index is -1.20. The van der Waals surface area contributed by atoms with Crippen LogP contribution in [0.1, 0.15) is 26.7 Å². The van der Waals surface area contributed by atoms with Gasteiger partial charge in [0.2, 0.25) is 0 Å². The number of aliphatic hydroxyl groups is 1. The third kappa shape index (κ3) is 2.63. The van der Waals surface area contributed by atoms with Crippen LogP contribution in [0.4, 0.5) is 4.79 Å². The standard InChI is InChI=1S/C10H17NO5/c1-3-6(2)16-10(15)11-5-4-7(12)8(11)9(13)14/h6-8,12H,3-5H2,1-2H3,(H,13,14)/t6?,7-,8-/m0/s1. The van der Waals surface area contributed by atoms with Crippen LogP contribution in [0, 0.1) is 0 Å². The predicted octanol–water partition coefficient (Wildman–Crippen LogP) is 0.441. The number of hydrogen-bond acceptors (Lipinski definition) is 4. The summed E-state index contributed by atoms with van der Waals surface area (Å²) in [5.74, 6) is -1.20. The van der Waals surface area contributed by atoms with E-state index in [1.54, 1.807) is 6.92 Å². The summed E-state index contributed by atoms with van der Waals surface area (Å²) >= 11 is 0. The van der Waals surface area contributed by atoms with Crippen molar-refractivity contribution in [3.63, 3.8) is 0 Å². The first-order valence-electron chi connectivity index (χ1n) is 5.35. The van der Waals surface area contributed by atoms with E-state index in [0.717, 1.165) is 4.90 Å². The molecule has 1 unspecified atom stereocenters. The fourth-order valence-electron chi connectivity index (χ4n) is 1.60. The van der Waals surface area contributed by atoms with Crippen molar-refractivity contribution >= 4 is 12.1 Å². The SMILES string of the molecule is CCC(C)OC(=O)N1CC[C@H](O)[C@H]1C(=O)O. The molecule has 16 heavy (non-hydrogen) atoms. The Morgan fingerprint density at radius 3 is 2.69 bits per heavy atom. The van der Waals surface area contributed by atoms with E-state index in [4.69, 9.17) is 9.84 Å². The van der Waals surface area contributed by atoms with Gasteiger partial charge in [0.1, 0.15) is 6.10 Å². The van der Waals surface area contributed by atoms with E-state index in [-0.39, 0.29) is 19.1 Å². The highest BCUT2D eigenvalue weighted by Gasteiger charge is 2.42. The Morgan fingerprint density at radius 1 is 1.56 bits per heavy atom. The first-order chi connectivity index (χ1) is 7.47. The lowest BCUT2D eigenvalue weighted by Crippen LogP contribution is -2.45. The lowest BCUT2D eigenvalue weighted by atomic mass is 10.2. The number of hydrogen-bond donors (Lipinski definition) is 2. The number of rotatable bonds is 3. The number of nitrogens with zero attached hydrogens (tertiary/aromatic N) is 1. The summed E-state index contributed by atoms with van der Waals surface area (Å²) in [6, 6.07) is -1.18. The van der Waals surface area contributed by atoms with Crippen molar-refractivity contribution in [3.8, 4) is 0 Å². The van der Waals surface area contributed by atoms with Gasteiger partial charge in [-0.25, -0.2) is 9.59 Å². The van der Waals surface area contributed by atoms with Gasteiger partial charge in [-0.1, -0.05) is 6.92 Å². The van der Waals surface area contributed by atoms with E-state index in [0.29, 0.717) is 6.42 Å². The molecule has 0 aromatic rings. The van der Waals surface area contributed by atoms with Crippen molar-refractivity contribution in [3.05, 3.63) is 0 Å². The molecule has 0 aromatic carbocycles. The second-order valence-corrected chi connectivity index (χ2v) is 3.94. The van der Waals surface area contributed by atoms with E-state index in [1.165, 1.54) is 0 Å². The van der Waals surface area contributed by atoms with Crippen LogP contribution in [0.2, 0.25) is 0 Å². The second-order valence-electron chi connectivity index (χ2n) is 3.94. The van der Waals surface area contributed by atoms with Crippen molar-refractivity contribution in [1.82, 2.24) is 4.90 Å². The summed E-state index contributed by atoms with van der Waals surface area (Å²) in [5, 5.41) is 18.3. The van der Waals surface area contributed by atoms with Gasteiger partial charge in [-0.15, -0.1) is 0 Å². The Labute approximate surface area is 93.8 Å². The number of likely N-dealkylation sites (tertiary alicyclic amines) is 1. The van der Waals surface area contributed by atoms with Gasteiger partial charge in [0.05, 0.1) is 6.10 Å². The second kappa shape index (κ2) is 5.16. The summed E-state index contributed by atoms with van der Waals surface area (Å²) in [6.07, 6.45) is -0.994. The molecule has 3 atom stereocenters. The Morgan fingerprint density at radius 2 is 2.19 bits per heavy atom. The van der Waals surface area contributed by atoms with Gasteiger partial charge in [-0.2, -0.15) is 0 Å². The molecule has 0 aromatic heterocycles. The molecule has 2 N–H and O–H groups in total. The highest BCUT2D eigenvalue weighted by molar-refractivity contribution is 5.81. The molecular formula is C10H17NO5. The summed E-state index contributed by atoms with van der Waals surface area (Å²) < 4.78 is 5.02. The van der Waals surface area contributed by atoms with Crippen molar-refractivity contribution in [2.45, 2.75) is 44.9 Å². The van der Waals surface area contributed by atoms with Crippen molar-refractivity contribution in [2.24, 2.45) is 0 Å². The van der Waals surface area contributed by atoms with Crippen LogP contribution in [0.3, 0.4) is 0 Å². The Bertz CT molecular complexity index is 280. The quantitative estimate of drug-likeness (QED) is 0.736. The predicted molar refractivity (Wildman–Crippen MR) is 55.0 cm³/mol. The van der Waals surface area contributed by atoms with Gasteiger partial charge in [0, 0.05) is 6.54 Å². The van der Waals surface area contributed by atoms with Crippen molar-refractivity contribution < 1.29 is 24.5 Å². The fraction of sp³-hybridized carbons (Fsp3) is 0.800. The average Bonchev–Trinajstić information content (AvgIpc) is 2.59. The number of aliphatic carboxylic acids is 1. The van der Waals surface area contributed by atoms with Gasteiger partial charge < -0.3 is 14.9 Å². The molecule has 1 aliphatic rings. The van der Waals surface area contributed by atoms with Crippen LogP contribution in [0.25, 0.3) is 0 Å².